The second-order valence-corrected chi connectivity index (χ2v) is 14.2. The number of ether oxygens (including phenoxy) is 1. The molecule has 0 aliphatic rings. The summed E-state index contributed by atoms with van der Waals surface area (Å²) in [5.41, 5.74) is 1.75. The van der Waals surface area contributed by atoms with Crippen LogP contribution >= 0.6 is 127 Å². The first-order valence-electron chi connectivity index (χ1n) is 5.91. The summed E-state index contributed by atoms with van der Waals surface area (Å²) >= 11 is 28.6. The van der Waals surface area contributed by atoms with Crippen LogP contribution in [0.15, 0.2) is 54.3 Å². The Labute approximate surface area is 201 Å². The lowest BCUT2D eigenvalue weighted by Gasteiger charge is -2.32. The van der Waals surface area contributed by atoms with E-state index < -0.39 is 6.84 Å². The van der Waals surface area contributed by atoms with Crippen LogP contribution in [0, 0.1) is 0 Å². The summed E-state index contributed by atoms with van der Waals surface area (Å²) in [4.78, 5) is 0. The van der Waals surface area contributed by atoms with Gasteiger partial charge in [-0.15, -0.1) is 0 Å². The van der Waals surface area contributed by atoms with E-state index in [0.717, 1.165) is 29.0 Å². The molecule has 124 valence electrons. The molecule has 0 fully saturated rings. The van der Waals surface area contributed by atoms with Gasteiger partial charge in [-0.1, -0.05) is 24.3 Å². The van der Waals surface area contributed by atoms with Crippen LogP contribution in [-0.4, -0.2) is 0 Å². The number of hydrogen-bond acceptors (Lipinski definition) is 1. The van der Waals surface area contributed by atoms with Gasteiger partial charge in [-0.25, -0.2) is 0 Å². The van der Waals surface area contributed by atoms with Crippen LogP contribution in [-0.2, 0) is 11.6 Å². The smallest absolute Gasteiger partial charge is 0.207 e. The Balaban J connectivity index is 2.42. The minimum Gasteiger partial charge on any atom is -0.317 e. The lowest BCUT2D eigenvalue weighted by molar-refractivity contribution is 0.0623. The molecule has 0 heterocycles. The average Bonchev–Trinajstić information content (AvgIpc) is 2.43. The highest BCUT2D eigenvalue weighted by Crippen LogP contribution is 2.54. The van der Waals surface area contributed by atoms with Gasteiger partial charge >= 0.3 is 0 Å². The molecule has 0 aliphatic heterocycles. The standard InChI is InChI=1S/C14H6Br8O/c15-9-5-1-3-7(11(9)17)13(19,20)23-14(21,22)8-4-2-6-10(16)12(8)18/h1-6H. The van der Waals surface area contributed by atoms with Crippen LogP contribution in [0.5, 0.6) is 0 Å². The van der Waals surface area contributed by atoms with Gasteiger partial charge in [-0.05, 0) is 140 Å². The van der Waals surface area contributed by atoms with E-state index in [1.54, 1.807) is 0 Å². The van der Waals surface area contributed by atoms with Gasteiger partial charge < -0.3 is 4.74 Å². The molecule has 0 unspecified atom stereocenters. The van der Waals surface area contributed by atoms with Gasteiger partial charge in [0, 0.05) is 29.0 Å². The normalized spacial score (nSPS) is 12.5. The van der Waals surface area contributed by atoms with Crippen LogP contribution in [0.4, 0.5) is 0 Å². The van der Waals surface area contributed by atoms with E-state index in [1.807, 2.05) is 36.4 Å². The van der Waals surface area contributed by atoms with Crippen LogP contribution in [0.1, 0.15) is 11.1 Å². The lowest BCUT2D eigenvalue weighted by Crippen LogP contribution is -2.25. The second-order valence-electron chi connectivity index (χ2n) is 4.34. The Kier molecular flexibility index (Phi) is 7.96. The first kappa shape index (κ1) is 21.5. The largest absolute Gasteiger partial charge is 0.317 e. The summed E-state index contributed by atoms with van der Waals surface area (Å²) < 4.78 is 8.00. The van der Waals surface area contributed by atoms with Gasteiger partial charge in [0.25, 0.3) is 0 Å². The Morgan fingerprint density at radius 3 is 1.30 bits per heavy atom. The van der Waals surface area contributed by atoms with Gasteiger partial charge in [0.15, 0.2) is 0 Å². The Bertz CT molecular complexity index is 667. The third-order valence-corrected chi connectivity index (χ3v) is 9.24. The number of halogens is 8. The van der Waals surface area contributed by atoms with E-state index in [0.29, 0.717) is 0 Å². The molecule has 2 rings (SSSR count). The molecule has 0 saturated carbocycles. The van der Waals surface area contributed by atoms with Crippen molar-refractivity contribution in [2.45, 2.75) is 6.84 Å². The predicted molar refractivity (Wildman–Crippen MR) is 124 cm³/mol. The zero-order chi connectivity index (χ0) is 17.4. The van der Waals surface area contributed by atoms with E-state index in [1.165, 1.54) is 0 Å². The van der Waals surface area contributed by atoms with Crippen molar-refractivity contribution in [3.05, 3.63) is 65.4 Å². The average molecular weight is 829 g/mol. The van der Waals surface area contributed by atoms with Crippen molar-refractivity contribution < 1.29 is 4.74 Å². The van der Waals surface area contributed by atoms with Crippen LogP contribution in [0.25, 0.3) is 0 Å². The van der Waals surface area contributed by atoms with Crippen molar-refractivity contribution in [1.29, 1.82) is 0 Å². The third kappa shape index (κ3) is 5.15. The van der Waals surface area contributed by atoms with Crippen molar-refractivity contribution in [3.8, 4) is 0 Å². The molecule has 9 heteroatoms. The van der Waals surface area contributed by atoms with Crippen molar-refractivity contribution >= 4 is 127 Å². The van der Waals surface area contributed by atoms with E-state index in [4.69, 9.17) is 4.74 Å². The Morgan fingerprint density at radius 2 is 0.957 bits per heavy atom. The van der Waals surface area contributed by atoms with Gasteiger partial charge in [0.1, 0.15) is 0 Å². The minimum absolute atomic E-state index is 0.876. The monoisotopic (exact) mass is 821 g/mol. The molecule has 2 aromatic carbocycles. The van der Waals surface area contributed by atoms with Crippen molar-refractivity contribution in [1.82, 2.24) is 0 Å². The molecule has 0 aromatic heterocycles. The number of rotatable bonds is 4. The fourth-order valence-corrected chi connectivity index (χ4v) is 7.77. The molecule has 0 N–H and O–H groups in total. The van der Waals surface area contributed by atoms with Gasteiger partial charge in [0.2, 0.25) is 6.84 Å². The molecule has 0 bridgehead atoms. The molecule has 2 aromatic rings. The van der Waals surface area contributed by atoms with Gasteiger partial charge in [0.05, 0.1) is 0 Å². The van der Waals surface area contributed by atoms with E-state index in [2.05, 4.69) is 127 Å². The fraction of sp³-hybridized carbons (Fsp3) is 0.143. The molecule has 23 heavy (non-hydrogen) atoms. The molecule has 0 saturated heterocycles. The highest BCUT2D eigenvalue weighted by Gasteiger charge is 2.40. The number of benzene rings is 2. The molecule has 0 spiro atoms. The zero-order valence-electron chi connectivity index (χ0n) is 10.9. The first-order chi connectivity index (χ1) is 10.6. The summed E-state index contributed by atoms with van der Waals surface area (Å²) in [6.07, 6.45) is 0. The first-order valence-corrected chi connectivity index (χ1v) is 12.3. The van der Waals surface area contributed by atoms with Gasteiger partial charge in [-0.2, -0.15) is 0 Å². The highest BCUT2D eigenvalue weighted by molar-refractivity contribution is 9.25. The minimum atomic E-state index is -0.933. The number of hydrogen-bond donors (Lipinski definition) is 0. The maximum absolute atomic E-state index is 6.23. The fourth-order valence-electron chi connectivity index (χ4n) is 1.73. The molecule has 1 nitrogen and oxygen atoms in total. The van der Waals surface area contributed by atoms with E-state index in [-0.39, 0.29) is 0 Å². The summed E-state index contributed by atoms with van der Waals surface area (Å²) in [5.74, 6) is 0. The Morgan fingerprint density at radius 1 is 0.609 bits per heavy atom. The summed E-state index contributed by atoms with van der Waals surface area (Å²) in [6, 6.07) is 11.7. The van der Waals surface area contributed by atoms with Crippen LogP contribution < -0.4 is 0 Å². The van der Waals surface area contributed by atoms with Crippen LogP contribution in [0.2, 0.25) is 0 Å². The summed E-state index contributed by atoms with van der Waals surface area (Å²) in [6.45, 7) is 0. The maximum Gasteiger partial charge on any atom is 0.207 e. The summed E-state index contributed by atoms with van der Waals surface area (Å²) in [5, 5.41) is 0. The topological polar surface area (TPSA) is 9.23 Å². The van der Waals surface area contributed by atoms with Crippen molar-refractivity contribution in [2.75, 3.05) is 0 Å². The molecular formula is C14H6Br8O. The number of alkyl halides is 4. The molecule has 0 amide bonds. The lowest BCUT2D eigenvalue weighted by atomic mass is 10.2. The van der Waals surface area contributed by atoms with E-state index >= 15 is 0 Å². The van der Waals surface area contributed by atoms with Gasteiger partial charge in [-0.3, -0.25) is 0 Å². The van der Waals surface area contributed by atoms with E-state index in [9.17, 15) is 0 Å². The van der Waals surface area contributed by atoms with Crippen LogP contribution in [0.3, 0.4) is 0 Å². The van der Waals surface area contributed by atoms with Crippen molar-refractivity contribution in [2.24, 2.45) is 0 Å². The molecule has 0 radical (unpaired) electrons. The zero-order valence-corrected chi connectivity index (χ0v) is 23.6. The second kappa shape index (κ2) is 8.50. The summed E-state index contributed by atoms with van der Waals surface area (Å²) in [7, 11) is 0. The molecule has 0 atom stereocenters. The third-order valence-electron chi connectivity index (χ3n) is 2.79. The maximum atomic E-state index is 6.23. The van der Waals surface area contributed by atoms with Crippen molar-refractivity contribution in [3.63, 3.8) is 0 Å². The SMILES string of the molecule is Brc1cccc(C(Br)(Br)OC(Br)(Br)c2cccc(Br)c2Br)c1Br. The highest BCUT2D eigenvalue weighted by atomic mass is 79.9. The molecular weight excluding hydrogens is 823 g/mol. The quantitative estimate of drug-likeness (QED) is 0.280. The predicted octanol–water partition coefficient (Wildman–Crippen LogP) is 9.25. The molecule has 0 aliphatic carbocycles. The Hall–Kier alpha value is 2.24.